The maximum Gasteiger partial charge on any atom is 0.274 e. The van der Waals surface area contributed by atoms with Gasteiger partial charge in [0.15, 0.2) is 0 Å². The molecule has 0 saturated carbocycles. The van der Waals surface area contributed by atoms with Gasteiger partial charge in [0, 0.05) is 28.3 Å². The van der Waals surface area contributed by atoms with Crippen molar-refractivity contribution in [3.63, 3.8) is 0 Å². The maximum absolute atomic E-state index is 11.0. The molecule has 0 aliphatic rings. The number of nitrogens with one attached hydrogen (secondary N) is 1. The molecule has 0 aromatic heterocycles. The van der Waals surface area contributed by atoms with E-state index in [1.807, 2.05) is 24.3 Å². The first-order chi connectivity index (χ1) is 9.60. The number of aliphatic hydroxyl groups is 1. The SMILES string of the molecule is O=[N+]([O-])c1ccc(Br)cc1CNc1cccc(CO)c1. The summed E-state index contributed by atoms with van der Waals surface area (Å²) >= 11 is 3.31. The van der Waals surface area contributed by atoms with Crippen LogP contribution < -0.4 is 5.32 Å². The third-order valence-corrected chi connectivity index (χ3v) is 3.32. The first-order valence-electron chi connectivity index (χ1n) is 5.96. The van der Waals surface area contributed by atoms with Crippen molar-refractivity contribution in [2.24, 2.45) is 0 Å². The van der Waals surface area contributed by atoms with Gasteiger partial charge in [0.05, 0.1) is 11.5 Å². The Hall–Kier alpha value is -1.92. The predicted octanol–water partition coefficient (Wildman–Crippen LogP) is 3.46. The van der Waals surface area contributed by atoms with E-state index in [1.165, 1.54) is 6.07 Å². The summed E-state index contributed by atoms with van der Waals surface area (Å²) in [5.41, 5.74) is 2.28. The molecule has 0 spiro atoms. The monoisotopic (exact) mass is 336 g/mol. The Morgan fingerprint density at radius 1 is 1.25 bits per heavy atom. The van der Waals surface area contributed by atoms with Crippen molar-refractivity contribution in [3.8, 4) is 0 Å². The number of benzene rings is 2. The molecule has 20 heavy (non-hydrogen) atoms. The predicted molar refractivity (Wildman–Crippen MR) is 80.5 cm³/mol. The molecule has 0 heterocycles. The van der Waals surface area contributed by atoms with E-state index in [-0.39, 0.29) is 12.3 Å². The number of nitro benzene ring substituents is 1. The Balaban J connectivity index is 2.17. The highest BCUT2D eigenvalue weighted by atomic mass is 79.9. The van der Waals surface area contributed by atoms with Crippen LogP contribution in [0.15, 0.2) is 46.9 Å². The molecule has 0 radical (unpaired) electrons. The van der Waals surface area contributed by atoms with Gasteiger partial charge in [0.25, 0.3) is 5.69 Å². The Labute approximate surface area is 124 Å². The molecule has 0 bridgehead atoms. The zero-order chi connectivity index (χ0) is 14.5. The van der Waals surface area contributed by atoms with Gasteiger partial charge in [-0.1, -0.05) is 28.1 Å². The Morgan fingerprint density at radius 3 is 2.75 bits per heavy atom. The van der Waals surface area contributed by atoms with Crippen LogP contribution in [-0.2, 0) is 13.2 Å². The van der Waals surface area contributed by atoms with Crippen molar-refractivity contribution >= 4 is 27.3 Å². The van der Waals surface area contributed by atoms with Gasteiger partial charge in [-0.2, -0.15) is 0 Å². The molecule has 0 fully saturated rings. The minimum Gasteiger partial charge on any atom is -0.392 e. The molecule has 5 nitrogen and oxygen atoms in total. The molecule has 0 aliphatic carbocycles. The molecule has 0 amide bonds. The summed E-state index contributed by atoms with van der Waals surface area (Å²) in [6, 6.07) is 12.1. The van der Waals surface area contributed by atoms with Crippen LogP contribution in [0.5, 0.6) is 0 Å². The number of nitro groups is 1. The summed E-state index contributed by atoms with van der Waals surface area (Å²) in [7, 11) is 0. The number of rotatable bonds is 5. The number of hydrogen-bond acceptors (Lipinski definition) is 4. The quantitative estimate of drug-likeness (QED) is 0.647. The number of aliphatic hydroxyl groups excluding tert-OH is 1. The summed E-state index contributed by atoms with van der Waals surface area (Å²) in [5, 5.41) is 23.2. The molecule has 6 heteroatoms. The van der Waals surface area contributed by atoms with Crippen LogP contribution in [0.3, 0.4) is 0 Å². The first kappa shape index (κ1) is 14.5. The average molecular weight is 337 g/mol. The Kier molecular flexibility index (Phi) is 4.70. The van der Waals surface area contributed by atoms with E-state index in [4.69, 9.17) is 5.11 Å². The van der Waals surface area contributed by atoms with Gasteiger partial charge in [-0.15, -0.1) is 0 Å². The van der Waals surface area contributed by atoms with E-state index in [0.717, 1.165) is 15.7 Å². The largest absolute Gasteiger partial charge is 0.392 e. The molecule has 2 rings (SSSR count). The van der Waals surface area contributed by atoms with E-state index in [2.05, 4.69) is 21.2 Å². The fraction of sp³-hybridized carbons (Fsp3) is 0.143. The highest BCUT2D eigenvalue weighted by molar-refractivity contribution is 9.10. The lowest BCUT2D eigenvalue weighted by molar-refractivity contribution is -0.385. The summed E-state index contributed by atoms with van der Waals surface area (Å²) in [6.07, 6.45) is 0. The van der Waals surface area contributed by atoms with Crippen LogP contribution in [0, 0.1) is 10.1 Å². The minimum atomic E-state index is -0.395. The second-order valence-electron chi connectivity index (χ2n) is 4.24. The number of halogens is 1. The zero-order valence-corrected chi connectivity index (χ0v) is 12.1. The van der Waals surface area contributed by atoms with Gasteiger partial charge >= 0.3 is 0 Å². The van der Waals surface area contributed by atoms with E-state index in [9.17, 15) is 10.1 Å². The normalized spacial score (nSPS) is 10.3. The molecule has 0 aliphatic heterocycles. The van der Waals surface area contributed by atoms with Crippen LogP contribution in [-0.4, -0.2) is 10.0 Å². The average Bonchev–Trinajstić information content (AvgIpc) is 2.45. The molecule has 0 unspecified atom stereocenters. The number of nitrogens with zero attached hydrogens (tertiary/aromatic N) is 1. The van der Waals surface area contributed by atoms with Crippen LogP contribution in [0.4, 0.5) is 11.4 Å². The highest BCUT2D eigenvalue weighted by Crippen LogP contribution is 2.24. The van der Waals surface area contributed by atoms with Gasteiger partial charge in [-0.25, -0.2) is 0 Å². The molecule has 104 valence electrons. The molecular formula is C14H13BrN2O3. The lowest BCUT2D eigenvalue weighted by atomic mass is 10.1. The summed E-state index contributed by atoms with van der Waals surface area (Å²) in [6.45, 7) is 0.303. The van der Waals surface area contributed by atoms with Crippen LogP contribution in [0.25, 0.3) is 0 Å². The van der Waals surface area contributed by atoms with Gasteiger partial charge < -0.3 is 10.4 Å². The summed E-state index contributed by atoms with van der Waals surface area (Å²) in [4.78, 5) is 10.6. The molecule has 2 aromatic carbocycles. The topological polar surface area (TPSA) is 75.4 Å². The first-order valence-corrected chi connectivity index (χ1v) is 6.76. The van der Waals surface area contributed by atoms with Crippen molar-refractivity contribution in [2.75, 3.05) is 5.32 Å². The van der Waals surface area contributed by atoms with Crippen molar-refractivity contribution in [2.45, 2.75) is 13.2 Å². The van der Waals surface area contributed by atoms with E-state index in [1.54, 1.807) is 12.1 Å². The smallest absolute Gasteiger partial charge is 0.274 e. The van der Waals surface area contributed by atoms with Crippen molar-refractivity contribution in [1.82, 2.24) is 0 Å². The van der Waals surface area contributed by atoms with E-state index < -0.39 is 4.92 Å². The van der Waals surface area contributed by atoms with E-state index >= 15 is 0 Å². The zero-order valence-electron chi connectivity index (χ0n) is 10.5. The third-order valence-electron chi connectivity index (χ3n) is 2.83. The van der Waals surface area contributed by atoms with Gasteiger partial charge in [0.1, 0.15) is 0 Å². The van der Waals surface area contributed by atoms with E-state index in [0.29, 0.717) is 12.1 Å². The summed E-state index contributed by atoms with van der Waals surface area (Å²) in [5.74, 6) is 0. The molecular weight excluding hydrogens is 324 g/mol. The highest BCUT2D eigenvalue weighted by Gasteiger charge is 2.13. The van der Waals surface area contributed by atoms with Crippen LogP contribution in [0.2, 0.25) is 0 Å². The second-order valence-corrected chi connectivity index (χ2v) is 5.16. The lowest BCUT2D eigenvalue weighted by Gasteiger charge is -2.08. The van der Waals surface area contributed by atoms with Crippen molar-refractivity contribution in [1.29, 1.82) is 0 Å². The minimum absolute atomic E-state index is 0.0352. The van der Waals surface area contributed by atoms with Gasteiger partial charge in [-0.05, 0) is 29.8 Å². The standard InChI is InChI=1S/C14H13BrN2O3/c15-12-4-5-14(17(19)20)11(7-12)8-16-13-3-1-2-10(6-13)9-18/h1-7,16,18H,8-9H2. The fourth-order valence-electron chi connectivity index (χ4n) is 1.85. The summed E-state index contributed by atoms with van der Waals surface area (Å²) < 4.78 is 0.795. The molecule has 0 saturated heterocycles. The van der Waals surface area contributed by atoms with Crippen molar-refractivity contribution in [3.05, 3.63) is 68.2 Å². The molecule has 0 atom stereocenters. The maximum atomic E-state index is 11.0. The van der Waals surface area contributed by atoms with Crippen LogP contribution in [0.1, 0.15) is 11.1 Å². The Morgan fingerprint density at radius 2 is 2.05 bits per heavy atom. The van der Waals surface area contributed by atoms with Crippen molar-refractivity contribution < 1.29 is 10.0 Å². The lowest BCUT2D eigenvalue weighted by Crippen LogP contribution is -2.03. The number of anilines is 1. The third kappa shape index (κ3) is 3.55. The second kappa shape index (κ2) is 6.49. The molecule has 2 N–H and O–H groups in total. The van der Waals surface area contributed by atoms with Gasteiger partial charge in [0.2, 0.25) is 0 Å². The van der Waals surface area contributed by atoms with Crippen LogP contribution >= 0.6 is 15.9 Å². The molecule has 2 aromatic rings. The fourth-order valence-corrected chi connectivity index (χ4v) is 2.26. The van der Waals surface area contributed by atoms with Gasteiger partial charge in [-0.3, -0.25) is 10.1 Å². The number of hydrogen-bond donors (Lipinski definition) is 2. The Bertz CT molecular complexity index is 632.